The maximum atomic E-state index is 9.55. The van der Waals surface area contributed by atoms with Crippen LogP contribution >= 0.6 is 11.3 Å². The molecule has 2 heterocycles. The van der Waals surface area contributed by atoms with Gasteiger partial charge in [0.05, 0.1) is 6.33 Å². The third-order valence-electron chi connectivity index (χ3n) is 2.52. The maximum absolute atomic E-state index is 9.55. The SMILES string of the molecule is CCc1cscc1Cc1cnc[nH]1.O=C(O)C=CC(=O)O. The highest BCUT2D eigenvalue weighted by molar-refractivity contribution is 7.08. The highest BCUT2D eigenvalue weighted by atomic mass is 32.1. The molecule has 0 aromatic carbocycles. The number of aromatic nitrogens is 2. The molecule has 2 aromatic rings. The van der Waals surface area contributed by atoms with Crippen LogP contribution in [0.4, 0.5) is 0 Å². The Bertz CT molecular complexity index is 586. The van der Waals surface area contributed by atoms with E-state index in [1.165, 1.54) is 16.8 Å². The van der Waals surface area contributed by atoms with Crippen molar-refractivity contribution >= 4 is 23.3 Å². The van der Waals surface area contributed by atoms with Crippen molar-refractivity contribution in [3.8, 4) is 0 Å². The summed E-state index contributed by atoms with van der Waals surface area (Å²) in [5, 5.41) is 20.1. The van der Waals surface area contributed by atoms with Crippen molar-refractivity contribution in [3.05, 3.63) is 52.3 Å². The van der Waals surface area contributed by atoms with Gasteiger partial charge in [0, 0.05) is 30.5 Å². The molecule has 7 heteroatoms. The van der Waals surface area contributed by atoms with Crippen molar-refractivity contribution in [2.24, 2.45) is 0 Å². The first-order valence-electron chi connectivity index (χ1n) is 6.18. The molecule has 0 unspecified atom stereocenters. The highest BCUT2D eigenvalue weighted by Crippen LogP contribution is 2.18. The predicted octanol–water partition coefficient (Wildman–Crippen LogP) is 2.34. The van der Waals surface area contributed by atoms with Gasteiger partial charge >= 0.3 is 11.9 Å². The van der Waals surface area contributed by atoms with E-state index < -0.39 is 11.9 Å². The number of carboxylic acids is 2. The van der Waals surface area contributed by atoms with E-state index in [9.17, 15) is 9.59 Å². The van der Waals surface area contributed by atoms with Crippen molar-refractivity contribution in [2.45, 2.75) is 19.8 Å². The first-order valence-corrected chi connectivity index (χ1v) is 7.12. The van der Waals surface area contributed by atoms with Crippen LogP contribution in [0.15, 0.2) is 35.4 Å². The number of hydrogen-bond donors (Lipinski definition) is 3. The number of rotatable bonds is 5. The zero-order valence-electron chi connectivity index (χ0n) is 11.4. The molecular formula is C14H16N2O4S. The molecule has 0 saturated heterocycles. The number of imidazole rings is 1. The van der Waals surface area contributed by atoms with Gasteiger partial charge in [-0.3, -0.25) is 0 Å². The second-order valence-electron chi connectivity index (χ2n) is 4.04. The fourth-order valence-electron chi connectivity index (χ4n) is 1.54. The lowest BCUT2D eigenvalue weighted by atomic mass is 10.1. The Morgan fingerprint density at radius 1 is 1.24 bits per heavy atom. The summed E-state index contributed by atoms with van der Waals surface area (Å²) in [6, 6.07) is 0. The number of aryl methyl sites for hydroxylation is 1. The third-order valence-corrected chi connectivity index (χ3v) is 3.36. The zero-order chi connectivity index (χ0) is 15.7. The predicted molar refractivity (Wildman–Crippen MR) is 79.5 cm³/mol. The van der Waals surface area contributed by atoms with E-state index in [1.54, 1.807) is 17.7 Å². The monoisotopic (exact) mass is 308 g/mol. The van der Waals surface area contributed by atoms with Crippen molar-refractivity contribution in [3.63, 3.8) is 0 Å². The van der Waals surface area contributed by atoms with Crippen molar-refractivity contribution in [1.82, 2.24) is 9.97 Å². The molecule has 0 saturated carbocycles. The van der Waals surface area contributed by atoms with Crippen LogP contribution in [0.25, 0.3) is 0 Å². The Hall–Kier alpha value is -2.41. The van der Waals surface area contributed by atoms with E-state index in [-0.39, 0.29) is 0 Å². The summed E-state index contributed by atoms with van der Waals surface area (Å²) in [4.78, 5) is 26.2. The van der Waals surface area contributed by atoms with Gasteiger partial charge in [-0.1, -0.05) is 6.92 Å². The lowest BCUT2D eigenvalue weighted by Crippen LogP contribution is -1.91. The molecule has 21 heavy (non-hydrogen) atoms. The lowest BCUT2D eigenvalue weighted by molar-refractivity contribution is -0.134. The summed E-state index contributed by atoms with van der Waals surface area (Å²) in [6.45, 7) is 2.19. The van der Waals surface area contributed by atoms with Crippen LogP contribution in [0.1, 0.15) is 23.7 Å². The lowest BCUT2D eigenvalue weighted by Gasteiger charge is -1.98. The van der Waals surface area contributed by atoms with Gasteiger partial charge in [0.1, 0.15) is 0 Å². The van der Waals surface area contributed by atoms with Gasteiger partial charge in [-0.2, -0.15) is 11.3 Å². The molecule has 0 aliphatic heterocycles. The molecule has 0 spiro atoms. The molecule has 2 aromatic heterocycles. The Morgan fingerprint density at radius 3 is 2.33 bits per heavy atom. The molecule has 0 aliphatic carbocycles. The number of hydrogen-bond acceptors (Lipinski definition) is 4. The van der Waals surface area contributed by atoms with Crippen LogP contribution in [-0.2, 0) is 22.4 Å². The van der Waals surface area contributed by atoms with E-state index in [4.69, 9.17) is 10.2 Å². The summed E-state index contributed by atoms with van der Waals surface area (Å²) >= 11 is 1.78. The second-order valence-corrected chi connectivity index (χ2v) is 4.78. The fraction of sp³-hybridized carbons (Fsp3) is 0.214. The van der Waals surface area contributed by atoms with Gasteiger partial charge in [0.2, 0.25) is 0 Å². The van der Waals surface area contributed by atoms with Crippen LogP contribution in [0, 0.1) is 0 Å². The minimum atomic E-state index is -1.26. The number of aromatic amines is 1. The van der Waals surface area contributed by atoms with Crippen LogP contribution < -0.4 is 0 Å². The first-order chi connectivity index (χ1) is 10.0. The van der Waals surface area contributed by atoms with Gasteiger partial charge < -0.3 is 15.2 Å². The molecular weight excluding hydrogens is 292 g/mol. The van der Waals surface area contributed by atoms with E-state index in [1.807, 2.05) is 6.20 Å². The zero-order valence-corrected chi connectivity index (χ0v) is 12.3. The van der Waals surface area contributed by atoms with Crippen molar-refractivity contribution < 1.29 is 19.8 Å². The summed E-state index contributed by atoms with van der Waals surface area (Å²) in [5.41, 5.74) is 4.07. The standard InChI is InChI=1S/C10H12N2S.C4H4O4/c1-2-8-5-13-6-9(8)3-10-4-11-7-12-10;5-3(6)1-2-4(7)8/h4-7H,2-3H2,1H3,(H,11,12);1-2H,(H,5,6)(H,7,8). The Morgan fingerprint density at radius 2 is 1.86 bits per heavy atom. The van der Waals surface area contributed by atoms with Gasteiger partial charge in [-0.15, -0.1) is 0 Å². The highest BCUT2D eigenvalue weighted by Gasteiger charge is 2.03. The number of nitrogens with one attached hydrogen (secondary N) is 1. The summed E-state index contributed by atoms with van der Waals surface area (Å²) < 4.78 is 0. The molecule has 6 nitrogen and oxygen atoms in total. The van der Waals surface area contributed by atoms with Gasteiger partial charge in [0.15, 0.2) is 0 Å². The Labute approximate surface area is 125 Å². The maximum Gasteiger partial charge on any atom is 0.328 e. The average Bonchev–Trinajstić information content (AvgIpc) is 3.09. The number of H-pyrrole nitrogens is 1. The Balaban J connectivity index is 0.000000240. The summed E-state index contributed by atoms with van der Waals surface area (Å²) in [7, 11) is 0. The fourth-order valence-corrected chi connectivity index (χ4v) is 2.49. The quantitative estimate of drug-likeness (QED) is 0.736. The number of aliphatic carboxylic acids is 2. The van der Waals surface area contributed by atoms with Gasteiger partial charge in [-0.05, 0) is 28.3 Å². The van der Waals surface area contributed by atoms with Crippen LogP contribution in [0.3, 0.4) is 0 Å². The molecule has 3 N–H and O–H groups in total. The number of carbonyl (C=O) groups is 2. The van der Waals surface area contributed by atoms with E-state index in [2.05, 4.69) is 27.7 Å². The molecule has 0 bridgehead atoms. The molecule has 0 fully saturated rings. The molecule has 2 rings (SSSR count). The topological polar surface area (TPSA) is 103 Å². The van der Waals surface area contributed by atoms with E-state index >= 15 is 0 Å². The van der Waals surface area contributed by atoms with Crippen molar-refractivity contribution in [2.75, 3.05) is 0 Å². The van der Waals surface area contributed by atoms with Gasteiger partial charge in [-0.25, -0.2) is 14.6 Å². The average molecular weight is 308 g/mol. The summed E-state index contributed by atoms with van der Waals surface area (Å²) in [5.74, 6) is -2.51. The van der Waals surface area contributed by atoms with Crippen LogP contribution in [0.5, 0.6) is 0 Å². The summed E-state index contributed by atoms with van der Waals surface area (Å²) in [6.07, 6.45) is 6.83. The largest absolute Gasteiger partial charge is 0.478 e. The van der Waals surface area contributed by atoms with Crippen molar-refractivity contribution in [1.29, 1.82) is 0 Å². The van der Waals surface area contributed by atoms with Gasteiger partial charge in [0.25, 0.3) is 0 Å². The minimum Gasteiger partial charge on any atom is -0.478 e. The smallest absolute Gasteiger partial charge is 0.328 e. The molecule has 0 aliphatic rings. The number of nitrogens with zero attached hydrogens (tertiary/aromatic N) is 1. The van der Waals surface area contributed by atoms with Crippen LogP contribution in [0.2, 0.25) is 0 Å². The normalized spacial score (nSPS) is 10.1. The molecule has 0 radical (unpaired) electrons. The molecule has 0 amide bonds. The van der Waals surface area contributed by atoms with E-state index in [0.29, 0.717) is 12.2 Å². The van der Waals surface area contributed by atoms with E-state index in [0.717, 1.165) is 12.8 Å². The Kier molecular flexibility index (Phi) is 6.90. The molecule has 112 valence electrons. The second kappa shape index (κ2) is 8.70. The first kappa shape index (κ1) is 16.6. The number of thiophene rings is 1. The van der Waals surface area contributed by atoms with Crippen LogP contribution in [-0.4, -0.2) is 32.1 Å². The molecule has 0 atom stereocenters. The minimum absolute atomic E-state index is 0.558. The number of carboxylic acid groups (broad SMARTS) is 2. The third kappa shape index (κ3) is 6.53.